The number of nitrogens with one attached hydrogen (secondary N) is 1. The van der Waals surface area contributed by atoms with E-state index in [-0.39, 0.29) is 5.91 Å². The molecule has 0 aliphatic carbocycles. The lowest BCUT2D eigenvalue weighted by Gasteiger charge is -2.08. The van der Waals surface area contributed by atoms with Gasteiger partial charge in [-0.3, -0.25) is 4.79 Å². The Labute approximate surface area is 118 Å². The van der Waals surface area contributed by atoms with E-state index >= 15 is 0 Å². The van der Waals surface area contributed by atoms with Gasteiger partial charge in [-0.15, -0.1) is 0 Å². The van der Waals surface area contributed by atoms with Crippen LogP contribution in [0.5, 0.6) is 0 Å². The van der Waals surface area contributed by atoms with Gasteiger partial charge in [0.1, 0.15) is 0 Å². The van der Waals surface area contributed by atoms with Crippen LogP contribution in [0, 0.1) is 0 Å². The van der Waals surface area contributed by atoms with Crippen molar-refractivity contribution in [2.24, 2.45) is 0 Å². The highest BCUT2D eigenvalue weighted by Crippen LogP contribution is 2.24. The maximum Gasteiger partial charge on any atom is 0.255 e. The van der Waals surface area contributed by atoms with Gasteiger partial charge >= 0.3 is 0 Å². The summed E-state index contributed by atoms with van der Waals surface area (Å²) in [5.74, 6) is -0.248. The molecule has 92 valence electrons. The summed E-state index contributed by atoms with van der Waals surface area (Å²) in [6.45, 7) is 0. The fraction of sp³-hybridized carbons (Fsp3) is 0. The number of hydrogen-bond donors (Lipinski definition) is 2. The van der Waals surface area contributed by atoms with Gasteiger partial charge in [0, 0.05) is 10.0 Å². The molecule has 0 saturated heterocycles. The summed E-state index contributed by atoms with van der Waals surface area (Å²) in [4.78, 5) is 12.0. The van der Waals surface area contributed by atoms with Crippen molar-refractivity contribution in [2.75, 3.05) is 11.1 Å². The van der Waals surface area contributed by atoms with Gasteiger partial charge in [0.05, 0.1) is 16.4 Å². The third-order valence-corrected chi connectivity index (χ3v) is 3.62. The van der Waals surface area contributed by atoms with Crippen molar-refractivity contribution in [1.82, 2.24) is 0 Å². The zero-order valence-electron chi connectivity index (χ0n) is 9.28. The SMILES string of the molecule is Nc1ccccc1NC(=O)c1ccc(Br)c(Cl)c1. The Kier molecular flexibility index (Phi) is 3.89. The third kappa shape index (κ3) is 2.83. The second-order valence-corrected chi connectivity index (χ2v) is 4.93. The summed E-state index contributed by atoms with van der Waals surface area (Å²) in [5.41, 5.74) is 7.34. The highest BCUT2D eigenvalue weighted by Gasteiger charge is 2.09. The van der Waals surface area contributed by atoms with E-state index in [0.29, 0.717) is 22.0 Å². The van der Waals surface area contributed by atoms with E-state index in [1.807, 2.05) is 6.07 Å². The van der Waals surface area contributed by atoms with Crippen LogP contribution >= 0.6 is 27.5 Å². The van der Waals surface area contributed by atoms with Crippen LogP contribution in [0.15, 0.2) is 46.9 Å². The second-order valence-electron chi connectivity index (χ2n) is 3.67. The molecule has 2 rings (SSSR count). The number of benzene rings is 2. The molecule has 0 radical (unpaired) electrons. The van der Waals surface area contributed by atoms with Crippen LogP contribution in [-0.4, -0.2) is 5.91 Å². The van der Waals surface area contributed by atoms with Crippen LogP contribution in [0.3, 0.4) is 0 Å². The summed E-state index contributed by atoms with van der Waals surface area (Å²) in [7, 11) is 0. The van der Waals surface area contributed by atoms with Gasteiger partial charge < -0.3 is 11.1 Å². The molecule has 18 heavy (non-hydrogen) atoms. The molecule has 0 bridgehead atoms. The van der Waals surface area contributed by atoms with E-state index in [2.05, 4.69) is 21.2 Å². The first kappa shape index (κ1) is 12.9. The summed E-state index contributed by atoms with van der Waals surface area (Å²) in [5, 5.41) is 3.22. The lowest BCUT2D eigenvalue weighted by Crippen LogP contribution is -2.13. The number of halogens is 2. The number of carbonyl (C=O) groups excluding carboxylic acids is 1. The number of rotatable bonds is 2. The van der Waals surface area contributed by atoms with E-state index in [1.54, 1.807) is 36.4 Å². The smallest absolute Gasteiger partial charge is 0.255 e. The van der Waals surface area contributed by atoms with Crippen molar-refractivity contribution in [2.45, 2.75) is 0 Å². The van der Waals surface area contributed by atoms with E-state index < -0.39 is 0 Å². The topological polar surface area (TPSA) is 55.1 Å². The monoisotopic (exact) mass is 324 g/mol. The van der Waals surface area contributed by atoms with Crippen molar-refractivity contribution in [3.05, 3.63) is 57.5 Å². The minimum absolute atomic E-state index is 0.248. The Hall–Kier alpha value is -1.52. The van der Waals surface area contributed by atoms with Crippen molar-refractivity contribution in [3.63, 3.8) is 0 Å². The number of nitrogen functional groups attached to an aromatic ring is 1. The molecular formula is C13H10BrClN2O. The number of hydrogen-bond acceptors (Lipinski definition) is 2. The fourth-order valence-corrected chi connectivity index (χ4v) is 1.87. The van der Waals surface area contributed by atoms with Crippen LogP contribution in [0.4, 0.5) is 11.4 Å². The quantitative estimate of drug-likeness (QED) is 0.822. The normalized spacial score (nSPS) is 10.1. The average Bonchev–Trinajstić information content (AvgIpc) is 2.35. The van der Waals surface area contributed by atoms with Crippen molar-refractivity contribution < 1.29 is 4.79 Å². The number of nitrogens with two attached hydrogens (primary N) is 1. The van der Waals surface area contributed by atoms with Crippen LogP contribution < -0.4 is 11.1 Å². The molecule has 0 atom stereocenters. The summed E-state index contributed by atoms with van der Waals surface area (Å²) >= 11 is 9.21. The highest BCUT2D eigenvalue weighted by atomic mass is 79.9. The molecule has 5 heteroatoms. The average molecular weight is 326 g/mol. The third-order valence-electron chi connectivity index (χ3n) is 2.39. The molecule has 0 aliphatic heterocycles. The predicted molar refractivity (Wildman–Crippen MR) is 78.0 cm³/mol. The zero-order chi connectivity index (χ0) is 13.1. The predicted octanol–water partition coefficient (Wildman–Crippen LogP) is 3.94. The van der Waals surface area contributed by atoms with Gasteiger partial charge in [-0.2, -0.15) is 0 Å². The van der Waals surface area contributed by atoms with Crippen molar-refractivity contribution >= 4 is 44.8 Å². The summed E-state index contributed by atoms with van der Waals surface area (Å²) in [6, 6.07) is 12.1. The summed E-state index contributed by atoms with van der Waals surface area (Å²) in [6.07, 6.45) is 0. The summed E-state index contributed by atoms with van der Waals surface area (Å²) < 4.78 is 0.750. The minimum Gasteiger partial charge on any atom is -0.397 e. The molecule has 1 amide bonds. The Morgan fingerprint density at radius 1 is 1.22 bits per heavy atom. The molecule has 2 aromatic rings. The molecular weight excluding hydrogens is 316 g/mol. The largest absolute Gasteiger partial charge is 0.397 e. The van der Waals surface area contributed by atoms with Crippen molar-refractivity contribution in [1.29, 1.82) is 0 Å². The Balaban J connectivity index is 2.22. The lowest BCUT2D eigenvalue weighted by atomic mass is 10.2. The second kappa shape index (κ2) is 5.42. The van der Waals surface area contributed by atoms with E-state index in [9.17, 15) is 4.79 Å². The number of amides is 1. The zero-order valence-corrected chi connectivity index (χ0v) is 11.6. The van der Waals surface area contributed by atoms with Gasteiger partial charge in [-0.25, -0.2) is 0 Å². The van der Waals surface area contributed by atoms with Crippen LogP contribution in [0.1, 0.15) is 10.4 Å². The first-order chi connectivity index (χ1) is 8.58. The molecule has 3 N–H and O–H groups in total. The number of para-hydroxylation sites is 2. The van der Waals surface area contributed by atoms with E-state index in [0.717, 1.165) is 4.47 Å². The molecule has 0 heterocycles. The minimum atomic E-state index is -0.248. The molecule has 0 aliphatic rings. The van der Waals surface area contributed by atoms with Crippen LogP contribution in [0.25, 0.3) is 0 Å². The highest BCUT2D eigenvalue weighted by molar-refractivity contribution is 9.10. The molecule has 0 spiro atoms. The van der Waals surface area contributed by atoms with Gasteiger partial charge in [0.15, 0.2) is 0 Å². The Bertz CT molecular complexity index is 601. The fourth-order valence-electron chi connectivity index (χ4n) is 1.44. The standard InChI is InChI=1S/C13H10BrClN2O/c14-9-6-5-8(7-10(9)15)13(18)17-12-4-2-1-3-11(12)16/h1-7H,16H2,(H,17,18). The molecule has 0 saturated carbocycles. The van der Waals surface area contributed by atoms with Gasteiger partial charge in [-0.05, 0) is 46.3 Å². The van der Waals surface area contributed by atoms with Gasteiger partial charge in [0.2, 0.25) is 0 Å². The van der Waals surface area contributed by atoms with Crippen LogP contribution in [0.2, 0.25) is 5.02 Å². The molecule has 2 aromatic carbocycles. The molecule has 0 aromatic heterocycles. The Morgan fingerprint density at radius 3 is 2.61 bits per heavy atom. The molecule has 0 fully saturated rings. The van der Waals surface area contributed by atoms with Gasteiger partial charge in [0.25, 0.3) is 5.91 Å². The Morgan fingerprint density at radius 2 is 1.94 bits per heavy atom. The maximum absolute atomic E-state index is 12.0. The maximum atomic E-state index is 12.0. The van der Waals surface area contributed by atoms with Gasteiger partial charge in [-0.1, -0.05) is 23.7 Å². The number of carbonyl (C=O) groups is 1. The number of anilines is 2. The molecule has 0 unspecified atom stereocenters. The van der Waals surface area contributed by atoms with E-state index in [1.165, 1.54) is 0 Å². The molecule has 3 nitrogen and oxygen atoms in total. The van der Waals surface area contributed by atoms with E-state index in [4.69, 9.17) is 17.3 Å². The first-order valence-corrected chi connectivity index (χ1v) is 6.36. The lowest BCUT2D eigenvalue weighted by molar-refractivity contribution is 0.102. The van der Waals surface area contributed by atoms with Crippen LogP contribution in [-0.2, 0) is 0 Å². The van der Waals surface area contributed by atoms with Crippen molar-refractivity contribution in [3.8, 4) is 0 Å². The first-order valence-electron chi connectivity index (χ1n) is 5.19.